The summed E-state index contributed by atoms with van der Waals surface area (Å²) < 4.78 is 0. The van der Waals surface area contributed by atoms with Gasteiger partial charge in [0.2, 0.25) is 0 Å². The van der Waals surface area contributed by atoms with Gasteiger partial charge in [-0.2, -0.15) is 0 Å². The summed E-state index contributed by atoms with van der Waals surface area (Å²) in [6.07, 6.45) is 4.93. The maximum absolute atomic E-state index is 10.2. The van der Waals surface area contributed by atoms with Crippen molar-refractivity contribution in [1.29, 1.82) is 0 Å². The molecule has 0 aromatic heterocycles. The first-order valence-corrected chi connectivity index (χ1v) is 2.77. The average Bonchev–Trinajstić information content (AvgIpc) is 2.14. The molecular weight excluding hydrogens is 100 g/mol. The quantitative estimate of drug-likeness (QED) is 0.488. The Morgan fingerprint density at radius 3 is 2.75 bits per heavy atom. The van der Waals surface area contributed by atoms with Crippen molar-refractivity contribution in [3.8, 4) is 0 Å². The zero-order valence-corrected chi connectivity index (χ0v) is 4.98. The summed E-state index contributed by atoms with van der Waals surface area (Å²) in [6.45, 7) is 1.98. The molecule has 0 N–H and O–H groups in total. The van der Waals surface area contributed by atoms with Crippen LogP contribution in [0.15, 0.2) is 23.3 Å². The van der Waals surface area contributed by atoms with Crippen molar-refractivity contribution in [2.45, 2.75) is 13.3 Å². The number of allylic oxidation sites excluding steroid dienone is 3. The first-order valence-electron chi connectivity index (χ1n) is 2.77. The molecule has 0 atom stereocenters. The van der Waals surface area contributed by atoms with Gasteiger partial charge in [0, 0.05) is 0 Å². The van der Waals surface area contributed by atoms with E-state index in [1.165, 1.54) is 5.57 Å². The van der Waals surface area contributed by atoms with E-state index < -0.39 is 0 Å². The Labute approximate surface area is 49.3 Å². The van der Waals surface area contributed by atoms with E-state index in [0.717, 1.165) is 12.0 Å². The second-order valence-electron chi connectivity index (χ2n) is 2.10. The molecule has 8 heavy (non-hydrogen) atoms. The van der Waals surface area contributed by atoms with E-state index in [9.17, 15) is 5.11 Å². The second kappa shape index (κ2) is 2.14. The molecule has 0 aromatic rings. The highest BCUT2D eigenvalue weighted by molar-refractivity contribution is 5.30. The molecule has 0 aliphatic heterocycles. The van der Waals surface area contributed by atoms with E-state index in [2.05, 4.69) is 6.08 Å². The van der Waals surface area contributed by atoms with E-state index in [4.69, 9.17) is 0 Å². The Hall–Kier alpha value is -0.560. The van der Waals surface area contributed by atoms with Gasteiger partial charge in [0.05, 0.1) is 0 Å². The van der Waals surface area contributed by atoms with Crippen LogP contribution in [0.3, 0.4) is 0 Å². The minimum Gasteiger partial charge on any atom is -0.232 e. The lowest BCUT2D eigenvalue weighted by atomic mass is 10.2. The molecule has 0 unspecified atom stereocenters. The summed E-state index contributed by atoms with van der Waals surface area (Å²) in [5.74, 6) is 0. The molecule has 0 spiro atoms. The Bertz CT molecular complexity index is 142. The van der Waals surface area contributed by atoms with Crippen LogP contribution in [0.2, 0.25) is 0 Å². The van der Waals surface area contributed by atoms with Crippen molar-refractivity contribution in [2.24, 2.45) is 0 Å². The number of rotatable bonds is 1. The highest BCUT2D eigenvalue weighted by atomic mass is 16.3. The van der Waals surface area contributed by atoms with Crippen molar-refractivity contribution in [3.05, 3.63) is 23.3 Å². The van der Waals surface area contributed by atoms with Crippen LogP contribution in [0.5, 0.6) is 0 Å². The Balaban J connectivity index is 2.56. The molecule has 1 radical (unpaired) electrons. The fourth-order valence-electron chi connectivity index (χ4n) is 0.833. The molecule has 0 amide bonds. The third kappa shape index (κ3) is 0.984. The van der Waals surface area contributed by atoms with Gasteiger partial charge in [-0.05, 0) is 18.9 Å². The highest BCUT2D eigenvalue weighted by Gasteiger charge is 2.00. The van der Waals surface area contributed by atoms with Crippen LogP contribution in [-0.2, 0) is 5.11 Å². The molecular formula is C7H9O. The molecule has 1 aliphatic carbocycles. The summed E-state index contributed by atoms with van der Waals surface area (Å²) in [7, 11) is 0. The van der Waals surface area contributed by atoms with Crippen molar-refractivity contribution in [1.82, 2.24) is 0 Å². The fraction of sp³-hybridized carbons (Fsp3) is 0.429. The van der Waals surface area contributed by atoms with Gasteiger partial charge in [0.1, 0.15) is 6.61 Å². The van der Waals surface area contributed by atoms with Gasteiger partial charge in [0.25, 0.3) is 0 Å². The van der Waals surface area contributed by atoms with Gasteiger partial charge in [0.15, 0.2) is 0 Å². The lowest BCUT2D eigenvalue weighted by Gasteiger charge is -1.86. The highest BCUT2D eigenvalue weighted by Crippen LogP contribution is 2.15. The first-order chi connectivity index (χ1) is 3.83. The summed E-state index contributed by atoms with van der Waals surface area (Å²) >= 11 is 0. The summed E-state index contributed by atoms with van der Waals surface area (Å²) in [5.41, 5.74) is 2.25. The van der Waals surface area contributed by atoms with Gasteiger partial charge in [-0.3, -0.25) is 0 Å². The average molecular weight is 109 g/mol. The van der Waals surface area contributed by atoms with Crippen LogP contribution < -0.4 is 0 Å². The summed E-state index contributed by atoms with van der Waals surface area (Å²) in [5, 5.41) is 10.2. The molecule has 43 valence electrons. The van der Waals surface area contributed by atoms with E-state index in [1.807, 2.05) is 13.0 Å². The van der Waals surface area contributed by atoms with Crippen molar-refractivity contribution in [3.63, 3.8) is 0 Å². The van der Waals surface area contributed by atoms with Gasteiger partial charge < -0.3 is 0 Å². The van der Waals surface area contributed by atoms with Gasteiger partial charge >= 0.3 is 0 Å². The van der Waals surface area contributed by atoms with Crippen LogP contribution in [0, 0.1) is 0 Å². The minimum atomic E-state index is -0.0339. The third-order valence-corrected chi connectivity index (χ3v) is 1.30. The topological polar surface area (TPSA) is 19.9 Å². The predicted octanol–water partition coefficient (Wildman–Crippen LogP) is 1.69. The van der Waals surface area contributed by atoms with Crippen LogP contribution >= 0.6 is 0 Å². The van der Waals surface area contributed by atoms with E-state index in [1.54, 1.807) is 0 Å². The zero-order chi connectivity index (χ0) is 5.98. The molecule has 0 saturated carbocycles. The first kappa shape index (κ1) is 5.57. The number of hydrogen-bond acceptors (Lipinski definition) is 0. The lowest BCUT2D eigenvalue weighted by Crippen LogP contribution is -1.80. The van der Waals surface area contributed by atoms with E-state index >= 15 is 0 Å². The fourth-order valence-corrected chi connectivity index (χ4v) is 0.833. The Morgan fingerprint density at radius 2 is 2.50 bits per heavy atom. The van der Waals surface area contributed by atoms with Gasteiger partial charge in [-0.25, -0.2) is 5.11 Å². The Kier molecular flexibility index (Phi) is 1.49. The summed E-state index contributed by atoms with van der Waals surface area (Å²) in [6, 6.07) is 0. The van der Waals surface area contributed by atoms with Crippen LogP contribution in [-0.4, -0.2) is 6.61 Å². The van der Waals surface area contributed by atoms with Crippen molar-refractivity contribution >= 4 is 0 Å². The summed E-state index contributed by atoms with van der Waals surface area (Å²) in [4.78, 5) is 0. The molecule has 0 aromatic carbocycles. The molecule has 1 heteroatoms. The minimum absolute atomic E-state index is 0.0339. The largest absolute Gasteiger partial charge is 0.232 e. The van der Waals surface area contributed by atoms with E-state index in [-0.39, 0.29) is 6.61 Å². The molecule has 0 saturated heterocycles. The number of hydrogen-bond donors (Lipinski definition) is 0. The maximum Gasteiger partial charge on any atom is 0.104 e. The smallest absolute Gasteiger partial charge is 0.104 e. The van der Waals surface area contributed by atoms with Crippen LogP contribution in [0.1, 0.15) is 13.3 Å². The van der Waals surface area contributed by atoms with E-state index in [0.29, 0.717) is 0 Å². The normalized spacial score (nSPS) is 18.2. The predicted molar refractivity (Wildman–Crippen MR) is 32.0 cm³/mol. The molecule has 1 nitrogen and oxygen atoms in total. The molecule has 1 aliphatic rings. The molecule has 1 rings (SSSR count). The monoisotopic (exact) mass is 109 g/mol. The van der Waals surface area contributed by atoms with Gasteiger partial charge in [-0.1, -0.05) is 17.7 Å². The molecule has 0 fully saturated rings. The van der Waals surface area contributed by atoms with Crippen molar-refractivity contribution in [2.75, 3.05) is 6.61 Å². The lowest BCUT2D eigenvalue weighted by molar-refractivity contribution is 0.222. The maximum atomic E-state index is 10.2. The van der Waals surface area contributed by atoms with Gasteiger partial charge in [-0.15, -0.1) is 0 Å². The Morgan fingerprint density at radius 1 is 1.75 bits per heavy atom. The third-order valence-electron chi connectivity index (χ3n) is 1.30. The second-order valence-corrected chi connectivity index (χ2v) is 2.10. The van der Waals surface area contributed by atoms with Crippen LogP contribution in [0.4, 0.5) is 0 Å². The SMILES string of the molecule is CC1=CCC(C[O])=C1. The standard InChI is InChI=1S/C7H9O/c1-6-2-3-7(4-6)5-8/h2,4H,3,5H2,1H3. The molecule has 0 bridgehead atoms. The zero-order valence-electron chi connectivity index (χ0n) is 4.98. The molecule has 0 heterocycles. The van der Waals surface area contributed by atoms with Crippen LogP contribution in [0.25, 0.3) is 0 Å². The van der Waals surface area contributed by atoms with Crippen molar-refractivity contribution < 1.29 is 5.11 Å².